The van der Waals surface area contributed by atoms with E-state index in [2.05, 4.69) is 10.3 Å². The molecule has 2 atom stereocenters. The molecule has 14 heteroatoms. The average molecular weight is 650 g/mol. The zero-order chi connectivity index (χ0) is 32.4. The first-order chi connectivity index (χ1) is 20.5. The lowest BCUT2D eigenvalue weighted by molar-refractivity contribution is -0.147. The number of hydrogen-bond donors (Lipinski definition) is 1. The Morgan fingerprint density at radius 1 is 1.18 bits per heavy atom. The van der Waals surface area contributed by atoms with Crippen LogP contribution in [0.3, 0.4) is 0 Å². The Labute approximate surface area is 257 Å². The van der Waals surface area contributed by atoms with Crippen LogP contribution in [-0.2, 0) is 40.5 Å². The number of aromatic nitrogens is 4. The monoisotopic (exact) mass is 649 g/mol. The van der Waals surface area contributed by atoms with E-state index in [-0.39, 0.29) is 35.9 Å². The maximum atomic E-state index is 13.8. The molecule has 0 radical (unpaired) electrons. The number of aliphatic carboxylic acids is 1. The molecule has 0 aliphatic carbocycles. The van der Waals surface area contributed by atoms with Gasteiger partial charge in [0.2, 0.25) is 10.0 Å². The number of halogens is 3. The van der Waals surface area contributed by atoms with E-state index in [9.17, 15) is 31.5 Å². The summed E-state index contributed by atoms with van der Waals surface area (Å²) in [5.41, 5.74) is 1.45. The van der Waals surface area contributed by atoms with Crippen molar-refractivity contribution in [3.63, 3.8) is 0 Å². The van der Waals surface area contributed by atoms with Crippen LogP contribution in [0, 0.1) is 25.2 Å². The van der Waals surface area contributed by atoms with Crippen molar-refractivity contribution in [3.8, 4) is 0 Å². The zero-order valence-electron chi connectivity index (χ0n) is 25.2. The Bertz CT molecular complexity index is 1860. The van der Waals surface area contributed by atoms with Gasteiger partial charge >= 0.3 is 12.1 Å². The normalized spacial score (nSPS) is 18.2. The molecule has 0 saturated carbocycles. The molecule has 0 amide bonds. The van der Waals surface area contributed by atoms with E-state index < -0.39 is 39.1 Å². The van der Waals surface area contributed by atoms with Crippen LogP contribution in [0.4, 0.5) is 13.2 Å². The molecule has 236 valence electrons. The van der Waals surface area contributed by atoms with E-state index in [1.807, 2.05) is 32.9 Å². The van der Waals surface area contributed by atoms with Crippen molar-refractivity contribution < 1.29 is 31.5 Å². The lowest BCUT2D eigenvalue weighted by atomic mass is 9.74. The van der Waals surface area contributed by atoms with E-state index in [0.29, 0.717) is 22.8 Å². The van der Waals surface area contributed by atoms with Gasteiger partial charge in [-0.05, 0) is 87.9 Å². The molecule has 0 spiro atoms. The number of carboxylic acid groups (broad SMARTS) is 1. The van der Waals surface area contributed by atoms with Crippen molar-refractivity contribution >= 4 is 38.4 Å². The average Bonchev–Trinajstić information content (AvgIpc) is 3.49. The fourth-order valence-electron chi connectivity index (χ4n) is 5.91. The van der Waals surface area contributed by atoms with Crippen molar-refractivity contribution in [2.75, 3.05) is 6.54 Å². The third-order valence-electron chi connectivity index (χ3n) is 8.44. The van der Waals surface area contributed by atoms with Gasteiger partial charge in [0, 0.05) is 18.0 Å². The minimum atomic E-state index is -4.59. The first-order valence-electron chi connectivity index (χ1n) is 14.2. The second-order valence-corrected chi connectivity index (χ2v) is 15.1. The number of sulfonamides is 1. The van der Waals surface area contributed by atoms with E-state index in [0.717, 1.165) is 39.7 Å². The molecule has 44 heavy (non-hydrogen) atoms. The number of aryl methyl sites for hydroxylation is 3. The first kappa shape index (κ1) is 32.0. The van der Waals surface area contributed by atoms with Crippen molar-refractivity contribution in [1.82, 2.24) is 24.3 Å². The van der Waals surface area contributed by atoms with Crippen LogP contribution >= 0.6 is 11.3 Å². The molecule has 0 unspecified atom stereocenters. The minimum absolute atomic E-state index is 0.0948. The maximum absolute atomic E-state index is 13.8. The highest BCUT2D eigenvalue weighted by Gasteiger charge is 2.43. The number of rotatable bonds is 7. The highest BCUT2D eigenvalue weighted by Crippen LogP contribution is 2.45. The number of nitrogens with zero attached hydrogens (tertiary/aromatic N) is 5. The van der Waals surface area contributed by atoms with Crippen LogP contribution < -0.4 is 0 Å². The first-order valence-corrected chi connectivity index (χ1v) is 16.4. The highest BCUT2D eigenvalue weighted by molar-refractivity contribution is 7.89. The van der Waals surface area contributed by atoms with Crippen LogP contribution in [0.2, 0.25) is 0 Å². The Morgan fingerprint density at radius 2 is 1.89 bits per heavy atom. The predicted octanol–water partition coefficient (Wildman–Crippen LogP) is 6.17. The highest BCUT2D eigenvalue weighted by atomic mass is 32.2. The number of hydrogen-bond acceptors (Lipinski definition) is 7. The van der Waals surface area contributed by atoms with Crippen LogP contribution in [0.1, 0.15) is 71.4 Å². The second-order valence-electron chi connectivity index (χ2n) is 12.0. The molecule has 5 rings (SSSR count). The number of benzene rings is 2. The number of alkyl halides is 3. The fourth-order valence-corrected chi connectivity index (χ4v) is 8.88. The predicted molar refractivity (Wildman–Crippen MR) is 160 cm³/mol. The van der Waals surface area contributed by atoms with E-state index in [1.54, 1.807) is 25.5 Å². The van der Waals surface area contributed by atoms with E-state index in [1.165, 1.54) is 15.6 Å². The summed E-state index contributed by atoms with van der Waals surface area (Å²) in [7, 11) is -4.15. The van der Waals surface area contributed by atoms with Crippen LogP contribution in [0.15, 0.2) is 35.2 Å². The SMILES string of the molecule is CCn1nnc2c(C)c([C@H](c3nc(CN4C[C@@H](C)Cc5cc(C(F)(F)F)ccc5S4(=O)=O)c(C)s3)C(C)(C)C(=O)O)ccc21. The van der Waals surface area contributed by atoms with Gasteiger partial charge in [0.05, 0.1) is 39.5 Å². The Kier molecular flexibility index (Phi) is 8.17. The van der Waals surface area contributed by atoms with E-state index in [4.69, 9.17) is 4.98 Å². The topological polar surface area (TPSA) is 118 Å². The molecule has 3 heterocycles. The third-order valence-corrected chi connectivity index (χ3v) is 11.4. The summed E-state index contributed by atoms with van der Waals surface area (Å²) in [6.45, 7) is 11.3. The molecule has 4 aromatic rings. The van der Waals surface area contributed by atoms with Gasteiger partial charge < -0.3 is 5.11 Å². The maximum Gasteiger partial charge on any atom is 0.416 e. The summed E-state index contributed by atoms with van der Waals surface area (Å²) in [6.07, 6.45) is -4.41. The molecule has 1 aliphatic rings. The summed E-state index contributed by atoms with van der Waals surface area (Å²) in [5.74, 6) is -1.96. The smallest absolute Gasteiger partial charge is 0.416 e. The number of fused-ring (bicyclic) bond motifs is 2. The molecule has 0 bridgehead atoms. The molecule has 9 nitrogen and oxygen atoms in total. The summed E-state index contributed by atoms with van der Waals surface area (Å²) >= 11 is 1.31. The second kappa shape index (κ2) is 11.2. The van der Waals surface area contributed by atoms with Crippen molar-refractivity contribution in [2.45, 2.75) is 78.0 Å². The van der Waals surface area contributed by atoms with Crippen molar-refractivity contribution in [1.29, 1.82) is 0 Å². The van der Waals surface area contributed by atoms with Gasteiger partial charge in [-0.25, -0.2) is 18.1 Å². The van der Waals surface area contributed by atoms with Gasteiger partial charge in [0.1, 0.15) is 10.5 Å². The molecular formula is C30H34F3N5O4S2. The largest absolute Gasteiger partial charge is 0.481 e. The Hall–Kier alpha value is -3.36. The summed E-state index contributed by atoms with van der Waals surface area (Å²) in [6, 6.07) is 6.52. The zero-order valence-corrected chi connectivity index (χ0v) is 26.9. The minimum Gasteiger partial charge on any atom is -0.481 e. The summed E-state index contributed by atoms with van der Waals surface area (Å²) < 4.78 is 70.8. The van der Waals surface area contributed by atoms with E-state index >= 15 is 0 Å². The van der Waals surface area contributed by atoms with Crippen molar-refractivity contribution in [2.24, 2.45) is 11.3 Å². The van der Waals surface area contributed by atoms with Crippen LogP contribution in [-0.4, -0.2) is 50.3 Å². The number of thiazole rings is 1. The summed E-state index contributed by atoms with van der Waals surface area (Å²) in [5, 5.41) is 19.4. The van der Waals surface area contributed by atoms with Gasteiger partial charge in [-0.1, -0.05) is 18.2 Å². The Morgan fingerprint density at radius 3 is 2.52 bits per heavy atom. The van der Waals surface area contributed by atoms with Gasteiger partial charge in [-0.2, -0.15) is 17.5 Å². The number of carbonyl (C=O) groups is 1. The van der Waals surface area contributed by atoms with Gasteiger partial charge in [-0.15, -0.1) is 16.4 Å². The quantitative estimate of drug-likeness (QED) is 0.255. The van der Waals surface area contributed by atoms with Gasteiger partial charge in [0.15, 0.2) is 0 Å². The van der Waals surface area contributed by atoms with Crippen molar-refractivity contribution in [3.05, 3.63) is 68.2 Å². The molecule has 1 N–H and O–H groups in total. The standard InChI is InChI=1S/C30H34F3N5O4S2/c1-7-38-23-10-9-21(17(3)26(23)35-36-38)25(29(5,6)28(39)40)27-34-22(18(4)43-27)15-37-14-16(2)12-19-13-20(30(31,32)33)8-11-24(19)44(37,41)42/h8-11,13,16,25H,7,12,14-15H2,1-6H3,(H,39,40)/t16-,25+/m0/s1. The Balaban J connectivity index is 1.56. The molecule has 0 saturated heterocycles. The third kappa shape index (κ3) is 5.51. The van der Waals surface area contributed by atoms with Crippen LogP contribution in [0.25, 0.3) is 11.0 Å². The molecule has 2 aromatic heterocycles. The lowest BCUT2D eigenvalue weighted by Gasteiger charge is -2.30. The number of carboxylic acids is 1. The molecule has 0 fully saturated rings. The lowest BCUT2D eigenvalue weighted by Crippen LogP contribution is -2.34. The molecule has 1 aliphatic heterocycles. The molecule has 2 aromatic carbocycles. The summed E-state index contributed by atoms with van der Waals surface area (Å²) in [4.78, 5) is 18.0. The van der Waals surface area contributed by atoms with Crippen LogP contribution in [0.5, 0.6) is 0 Å². The van der Waals surface area contributed by atoms with Gasteiger partial charge in [-0.3, -0.25) is 4.79 Å². The van der Waals surface area contributed by atoms with Gasteiger partial charge in [0.25, 0.3) is 0 Å². The molecular weight excluding hydrogens is 615 g/mol. The fraction of sp³-hybridized carbons (Fsp3) is 0.467.